The molecule has 1 fully saturated rings. The van der Waals surface area contributed by atoms with Crippen molar-refractivity contribution in [1.29, 1.82) is 5.26 Å². The summed E-state index contributed by atoms with van der Waals surface area (Å²) in [7, 11) is 0. The lowest BCUT2D eigenvalue weighted by Gasteiger charge is -2.05. The van der Waals surface area contributed by atoms with Gasteiger partial charge in [-0.05, 0) is 18.8 Å². The van der Waals surface area contributed by atoms with Crippen LogP contribution in [0.5, 0.6) is 0 Å². The van der Waals surface area contributed by atoms with Gasteiger partial charge in [-0.1, -0.05) is 23.2 Å². The molecule has 1 aliphatic carbocycles. The Kier molecular flexibility index (Phi) is 2.94. The predicted molar refractivity (Wildman–Crippen MR) is 58.0 cm³/mol. The summed E-state index contributed by atoms with van der Waals surface area (Å²) in [6.07, 6.45) is 2.48. The lowest BCUT2D eigenvalue weighted by molar-refractivity contribution is 0.873. The molecule has 0 radical (unpaired) electrons. The Balaban J connectivity index is 2.15. The van der Waals surface area contributed by atoms with Crippen molar-refractivity contribution in [2.75, 3.05) is 11.9 Å². The molecular formula is C9H8Cl2N4. The van der Waals surface area contributed by atoms with Crippen molar-refractivity contribution >= 4 is 29.2 Å². The summed E-state index contributed by atoms with van der Waals surface area (Å²) in [4.78, 5) is 7.88. The summed E-state index contributed by atoms with van der Waals surface area (Å²) in [5, 5.41) is 11.9. The molecule has 1 saturated carbocycles. The van der Waals surface area contributed by atoms with Gasteiger partial charge in [0.05, 0.1) is 0 Å². The van der Waals surface area contributed by atoms with Gasteiger partial charge in [0.2, 0.25) is 5.95 Å². The Labute approximate surface area is 97.2 Å². The van der Waals surface area contributed by atoms with E-state index in [4.69, 9.17) is 28.5 Å². The topological polar surface area (TPSA) is 61.6 Å². The van der Waals surface area contributed by atoms with Crippen LogP contribution in [0.15, 0.2) is 0 Å². The number of halogens is 2. The van der Waals surface area contributed by atoms with Gasteiger partial charge in [0.1, 0.15) is 11.6 Å². The van der Waals surface area contributed by atoms with Gasteiger partial charge in [-0.25, -0.2) is 0 Å². The van der Waals surface area contributed by atoms with Gasteiger partial charge in [-0.15, -0.1) is 0 Å². The van der Waals surface area contributed by atoms with Crippen LogP contribution in [0.1, 0.15) is 18.4 Å². The van der Waals surface area contributed by atoms with Gasteiger partial charge in [-0.2, -0.15) is 15.2 Å². The van der Waals surface area contributed by atoms with Crippen LogP contribution in [-0.4, -0.2) is 16.5 Å². The summed E-state index contributed by atoms with van der Waals surface area (Å²) in [5.41, 5.74) is 0.121. The Hall–Kier alpha value is -1.05. The molecule has 0 spiro atoms. The minimum atomic E-state index is 0.0933. The van der Waals surface area contributed by atoms with E-state index >= 15 is 0 Å². The van der Waals surface area contributed by atoms with E-state index in [2.05, 4.69) is 15.3 Å². The maximum atomic E-state index is 8.70. The molecule has 1 aliphatic rings. The monoisotopic (exact) mass is 242 g/mol. The second kappa shape index (κ2) is 4.21. The summed E-state index contributed by atoms with van der Waals surface area (Å²) < 4.78 is 0. The third-order valence-corrected chi connectivity index (χ3v) is 2.73. The minimum absolute atomic E-state index is 0.0933. The van der Waals surface area contributed by atoms with Gasteiger partial charge in [-0.3, -0.25) is 0 Å². The SMILES string of the molecule is N#Cc1c(Cl)nc(NCC2CC2)nc1Cl. The fourth-order valence-corrected chi connectivity index (χ4v) is 1.61. The van der Waals surface area contributed by atoms with Crippen LogP contribution >= 0.6 is 23.2 Å². The lowest BCUT2D eigenvalue weighted by atomic mass is 10.4. The van der Waals surface area contributed by atoms with Gasteiger partial charge in [0, 0.05) is 6.54 Å². The van der Waals surface area contributed by atoms with Crippen LogP contribution < -0.4 is 5.32 Å². The number of rotatable bonds is 3. The van der Waals surface area contributed by atoms with Crippen molar-refractivity contribution in [3.8, 4) is 6.07 Å². The van der Waals surface area contributed by atoms with Crippen molar-refractivity contribution < 1.29 is 0 Å². The molecule has 0 saturated heterocycles. The van der Waals surface area contributed by atoms with E-state index in [1.54, 1.807) is 0 Å². The minimum Gasteiger partial charge on any atom is -0.354 e. The maximum absolute atomic E-state index is 8.70. The van der Waals surface area contributed by atoms with Crippen molar-refractivity contribution in [1.82, 2.24) is 9.97 Å². The summed E-state index contributed by atoms with van der Waals surface area (Å²) in [5.74, 6) is 1.10. The van der Waals surface area contributed by atoms with Crippen LogP contribution in [0, 0.1) is 17.2 Å². The van der Waals surface area contributed by atoms with Crippen LogP contribution in [-0.2, 0) is 0 Å². The lowest BCUT2D eigenvalue weighted by Crippen LogP contribution is -2.07. The zero-order valence-corrected chi connectivity index (χ0v) is 9.31. The fourth-order valence-electron chi connectivity index (χ4n) is 1.14. The Bertz CT molecular complexity index is 400. The van der Waals surface area contributed by atoms with E-state index in [0.717, 1.165) is 6.54 Å². The highest BCUT2D eigenvalue weighted by molar-refractivity contribution is 6.35. The van der Waals surface area contributed by atoms with Crippen LogP contribution in [0.4, 0.5) is 5.95 Å². The molecule has 4 nitrogen and oxygen atoms in total. The highest BCUT2D eigenvalue weighted by Gasteiger charge is 2.21. The smallest absolute Gasteiger partial charge is 0.225 e. The van der Waals surface area contributed by atoms with E-state index in [1.807, 2.05) is 6.07 Å². The molecule has 1 aromatic heterocycles. The molecule has 6 heteroatoms. The fraction of sp³-hybridized carbons (Fsp3) is 0.444. The highest BCUT2D eigenvalue weighted by atomic mass is 35.5. The van der Waals surface area contributed by atoms with Gasteiger partial charge in [0.15, 0.2) is 10.3 Å². The van der Waals surface area contributed by atoms with Crippen molar-refractivity contribution in [3.63, 3.8) is 0 Å². The average molecular weight is 243 g/mol. The number of hydrogen-bond donors (Lipinski definition) is 1. The highest BCUT2D eigenvalue weighted by Crippen LogP contribution is 2.29. The normalized spacial score (nSPS) is 14.7. The molecule has 0 atom stereocenters. The molecule has 78 valence electrons. The second-order valence-corrected chi connectivity index (χ2v) is 4.16. The molecule has 15 heavy (non-hydrogen) atoms. The third-order valence-electron chi connectivity index (χ3n) is 2.18. The molecule has 1 N–H and O–H groups in total. The number of nitrogens with zero attached hydrogens (tertiary/aromatic N) is 3. The van der Waals surface area contributed by atoms with Crippen LogP contribution in [0.3, 0.4) is 0 Å². The molecule has 0 bridgehead atoms. The molecule has 0 aliphatic heterocycles. The first-order valence-corrected chi connectivity index (χ1v) is 5.33. The molecule has 0 unspecified atom stereocenters. The van der Waals surface area contributed by atoms with E-state index < -0.39 is 0 Å². The Morgan fingerprint density at radius 2 is 1.93 bits per heavy atom. The van der Waals surface area contributed by atoms with E-state index in [9.17, 15) is 0 Å². The standard InChI is InChI=1S/C9H8Cl2N4/c10-7-6(3-12)8(11)15-9(14-7)13-4-5-1-2-5/h5H,1-2,4H2,(H,13,14,15). The third kappa shape index (κ3) is 2.49. The Morgan fingerprint density at radius 3 is 2.40 bits per heavy atom. The van der Waals surface area contributed by atoms with E-state index in [0.29, 0.717) is 11.9 Å². The van der Waals surface area contributed by atoms with Crippen LogP contribution in [0.2, 0.25) is 10.3 Å². The van der Waals surface area contributed by atoms with E-state index in [1.165, 1.54) is 12.8 Å². The largest absolute Gasteiger partial charge is 0.354 e. The van der Waals surface area contributed by atoms with Gasteiger partial charge in [0.25, 0.3) is 0 Å². The first kappa shape index (κ1) is 10.5. The van der Waals surface area contributed by atoms with E-state index in [-0.39, 0.29) is 15.9 Å². The molecule has 1 aromatic rings. The number of aromatic nitrogens is 2. The van der Waals surface area contributed by atoms with Gasteiger partial charge < -0.3 is 5.32 Å². The summed E-state index contributed by atoms with van der Waals surface area (Å²) in [6.45, 7) is 0.832. The molecule has 2 rings (SSSR count). The zero-order valence-electron chi connectivity index (χ0n) is 7.80. The van der Waals surface area contributed by atoms with Crippen molar-refractivity contribution in [3.05, 3.63) is 15.9 Å². The quantitative estimate of drug-likeness (QED) is 0.828. The number of nitrogens with one attached hydrogen (secondary N) is 1. The zero-order chi connectivity index (χ0) is 10.8. The molecule has 0 aromatic carbocycles. The first-order chi connectivity index (χ1) is 7.20. The number of hydrogen-bond acceptors (Lipinski definition) is 4. The predicted octanol–water partition coefficient (Wildman–Crippen LogP) is 2.48. The average Bonchev–Trinajstić information content (AvgIpc) is 2.97. The molecule has 1 heterocycles. The summed E-state index contributed by atoms with van der Waals surface area (Å²) >= 11 is 11.5. The van der Waals surface area contributed by atoms with Crippen molar-refractivity contribution in [2.24, 2.45) is 5.92 Å². The summed E-state index contributed by atoms with van der Waals surface area (Å²) in [6, 6.07) is 1.85. The van der Waals surface area contributed by atoms with Gasteiger partial charge >= 0.3 is 0 Å². The number of anilines is 1. The van der Waals surface area contributed by atoms with Crippen LogP contribution in [0.25, 0.3) is 0 Å². The molecular weight excluding hydrogens is 235 g/mol. The number of nitriles is 1. The first-order valence-electron chi connectivity index (χ1n) is 4.57. The Morgan fingerprint density at radius 1 is 1.33 bits per heavy atom. The van der Waals surface area contributed by atoms with Crippen molar-refractivity contribution in [2.45, 2.75) is 12.8 Å². The molecule has 0 amide bonds. The second-order valence-electron chi connectivity index (χ2n) is 3.44. The maximum Gasteiger partial charge on any atom is 0.225 e.